The van der Waals surface area contributed by atoms with E-state index in [0.717, 1.165) is 0 Å². The van der Waals surface area contributed by atoms with Gasteiger partial charge in [-0.25, -0.2) is 4.98 Å². The minimum absolute atomic E-state index is 0.166. The van der Waals surface area contributed by atoms with Crippen LogP contribution in [-0.2, 0) is 4.79 Å². The largest absolute Gasteiger partial charge is 0.497 e. The number of amides is 1. The number of fused-ring (bicyclic) bond motifs is 1. The summed E-state index contributed by atoms with van der Waals surface area (Å²) in [5.74, 6) is 0.707. The first kappa shape index (κ1) is 17.0. The van der Waals surface area contributed by atoms with Crippen molar-refractivity contribution in [2.45, 2.75) is 11.6 Å². The molecule has 0 atom stereocenters. The van der Waals surface area contributed by atoms with Crippen molar-refractivity contribution in [1.82, 2.24) is 9.55 Å². The molecule has 0 saturated carbocycles. The van der Waals surface area contributed by atoms with Crippen LogP contribution >= 0.6 is 11.8 Å². The highest BCUT2D eigenvalue weighted by Crippen LogP contribution is 2.23. The lowest BCUT2D eigenvalue weighted by Gasteiger charge is -2.13. The highest BCUT2D eigenvalue weighted by atomic mass is 32.2. The maximum atomic E-state index is 13.0. The van der Waals surface area contributed by atoms with Crippen LogP contribution in [0.25, 0.3) is 16.6 Å². The molecule has 2 aromatic carbocycles. The van der Waals surface area contributed by atoms with E-state index < -0.39 is 0 Å². The zero-order valence-corrected chi connectivity index (χ0v) is 14.5. The molecule has 3 rings (SSSR count). The van der Waals surface area contributed by atoms with Crippen molar-refractivity contribution in [1.29, 1.82) is 0 Å². The van der Waals surface area contributed by atoms with Gasteiger partial charge in [0.1, 0.15) is 5.75 Å². The van der Waals surface area contributed by atoms with Gasteiger partial charge in [-0.1, -0.05) is 30.0 Å². The zero-order chi connectivity index (χ0) is 17.8. The third-order valence-electron chi connectivity index (χ3n) is 3.64. The Morgan fingerprint density at radius 3 is 2.80 bits per heavy atom. The summed E-state index contributed by atoms with van der Waals surface area (Å²) < 4.78 is 6.79. The topological polar surface area (TPSA) is 87.2 Å². The SMILES string of the molecule is COc1cccc(-n2c(SCCC(N)=O)nc3ccccc3c2=O)c1. The molecule has 1 amide bonds. The standard InChI is InChI=1S/C18H17N3O3S/c1-24-13-6-4-5-12(11-13)21-17(23)14-7-2-3-8-15(14)20-18(21)25-10-9-16(19)22/h2-8,11H,9-10H2,1H3,(H2,19,22). The van der Waals surface area contributed by atoms with Crippen LogP contribution in [0.4, 0.5) is 0 Å². The number of hydrogen-bond acceptors (Lipinski definition) is 5. The first-order valence-electron chi connectivity index (χ1n) is 7.67. The van der Waals surface area contributed by atoms with Crippen molar-refractivity contribution in [3.8, 4) is 11.4 Å². The van der Waals surface area contributed by atoms with Crippen molar-refractivity contribution < 1.29 is 9.53 Å². The minimum atomic E-state index is -0.386. The summed E-state index contributed by atoms with van der Waals surface area (Å²) in [4.78, 5) is 28.6. The van der Waals surface area contributed by atoms with Gasteiger partial charge in [0.2, 0.25) is 5.91 Å². The highest BCUT2D eigenvalue weighted by Gasteiger charge is 2.14. The van der Waals surface area contributed by atoms with Crippen molar-refractivity contribution in [2.75, 3.05) is 12.9 Å². The Labute approximate surface area is 148 Å². The quantitative estimate of drug-likeness (QED) is 0.542. The number of primary amides is 1. The Bertz CT molecular complexity index is 985. The first-order valence-corrected chi connectivity index (χ1v) is 8.66. The summed E-state index contributed by atoms with van der Waals surface area (Å²) in [7, 11) is 1.57. The Morgan fingerprint density at radius 1 is 1.24 bits per heavy atom. The molecule has 0 spiro atoms. The summed E-state index contributed by atoms with van der Waals surface area (Å²) in [6, 6.07) is 14.4. The minimum Gasteiger partial charge on any atom is -0.497 e. The summed E-state index contributed by atoms with van der Waals surface area (Å²) in [5.41, 5.74) is 6.32. The molecule has 2 N–H and O–H groups in total. The maximum Gasteiger partial charge on any atom is 0.266 e. The summed E-state index contributed by atoms with van der Waals surface area (Å²) >= 11 is 1.32. The fourth-order valence-corrected chi connectivity index (χ4v) is 3.40. The lowest BCUT2D eigenvalue weighted by Crippen LogP contribution is -2.22. The van der Waals surface area contributed by atoms with Crippen LogP contribution in [0, 0.1) is 0 Å². The Morgan fingerprint density at radius 2 is 2.04 bits per heavy atom. The molecule has 0 aliphatic heterocycles. The van der Waals surface area contributed by atoms with E-state index in [2.05, 4.69) is 4.98 Å². The molecule has 0 bridgehead atoms. The number of nitrogens with zero attached hydrogens (tertiary/aromatic N) is 2. The smallest absolute Gasteiger partial charge is 0.266 e. The molecule has 1 heterocycles. The van der Waals surface area contributed by atoms with Gasteiger partial charge in [0.25, 0.3) is 5.56 Å². The molecule has 7 heteroatoms. The predicted molar refractivity (Wildman–Crippen MR) is 98.4 cm³/mol. The van der Waals surface area contributed by atoms with Gasteiger partial charge in [0.05, 0.1) is 23.7 Å². The van der Waals surface area contributed by atoms with Crippen LogP contribution in [0.1, 0.15) is 6.42 Å². The normalized spacial score (nSPS) is 10.8. The molecule has 0 aliphatic rings. The zero-order valence-electron chi connectivity index (χ0n) is 13.6. The van der Waals surface area contributed by atoms with Crippen LogP contribution in [0.5, 0.6) is 5.75 Å². The van der Waals surface area contributed by atoms with Crippen molar-refractivity contribution >= 4 is 28.6 Å². The van der Waals surface area contributed by atoms with Crippen LogP contribution in [-0.4, -0.2) is 28.3 Å². The van der Waals surface area contributed by atoms with E-state index in [1.165, 1.54) is 16.3 Å². The molecule has 25 heavy (non-hydrogen) atoms. The van der Waals surface area contributed by atoms with Gasteiger partial charge in [-0.05, 0) is 24.3 Å². The number of thioether (sulfide) groups is 1. The van der Waals surface area contributed by atoms with Gasteiger partial charge in [0, 0.05) is 18.2 Å². The third kappa shape index (κ3) is 3.66. The molecule has 0 fully saturated rings. The monoisotopic (exact) mass is 355 g/mol. The first-order chi connectivity index (χ1) is 12.1. The number of methoxy groups -OCH3 is 1. The molecule has 6 nitrogen and oxygen atoms in total. The van der Waals surface area contributed by atoms with Crippen LogP contribution in [0.15, 0.2) is 58.5 Å². The van der Waals surface area contributed by atoms with E-state index in [-0.39, 0.29) is 17.9 Å². The number of aromatic nitrogens is 2. The van der Waals surface area contributed by atoms with E-state index in [1.54, 1.807) is 31.4 Å². The Balaban J connectivity index is 2.17. The lowest BCUT2D eigenvalue weighted by molar-refractivity contribution is -0.117. The van der Waals surface area contributed by atoms with Crippen molar-refractivity contribution in [2.24, 2.45) is 5.73 Å². The van der Waals surface area contributed by atoms with Gasteiger partial charge >= 0.3 is 0 Å². The number of hydrogen-bond donors (Lipinski definition) is 1. The Kier molecular flexibility index (Phi) is 5.04. The molecule has 0 aliphatic carbocycles. The van der Waals surface area contributed by atoms with E-state index in [4.69, 9.17) is 10.5 Å². The number of rotatable bonds is 6. The van der Waals surface area contributed by atoms with Gasteiger partial charge in [-0.2, -0.15) is 0 Å². The summed E-state index contributed by atoms with van der Waals surface area (Å²) in [6.45, 7) is 0. The summed E-state index contributed by atoms with van der Waals surface area (Å²) in [6.07, 6.45) is 0.214. The average molecular weight is 355 g/mol. The molecule has 1 aromatic heterocycles. The summed E-state index contributed by atoms with van der Waals surface area (Å²) in [5, 5.41) is 1.04. The van der Waals surface area contributed by atoms with E-state index in [9.17, 15) is 9.59 Å². The molecule has 0 radical (unpaired) electrons. The Hall–Kier alpha value is -2.80. The van der Waals surface area contributed by atoms with Crippen molar-refractivity contribution in [3.63, 3.8) is 0 Å². The van der Waals surface area contributed by atoms with Gasteiger partial charge < -0.3 is 10.5 Å². The van der Waals surface area contributed by atoms with Crippen molar-refractivity contribution in [3.05, 3.63) is 58.9 Å². The van der Waals surface area contributed by atoms with Gasteiger partial charge in [0.15, 0.2) is 5.16 Å². The van der Waals surface area contributed by atoms with Crippen LogP contribution in [0.3, 0.4) is 0 Å². The number of carbonyl (C=O) groups excluding carboxylic acids is 1. The number of para-hydroxylation sites is 1. The number of ether oxygens (including phenoxy) is 1. The molecular formula is C18H17N3O3S. The fraction of sp³-hybridized carbons (Fsp3) is 0.167. The van der Waals surface area contributed by atoms with Crippen LogP contribution < -0.4 is 16.0 Å². The number of benzene rings is 2. The molecule has 128 valence electrons. The van der Waals surface area contributed by atoms with E-state index in [0.29, 0.717) is 33.2 Å². The predicted octanol–water partition coefficient (Wildman–Crippen LogP) is 2.36. The average Bonchev–Trinajstić information content (AvgIpc) is 2.62. The maximum absolute atomic E-state index is 13.0. The van der Waals surface area contributed by atoms with Crippen LogP contribution in [0.2, 0.25) is 0 Å². The lowest BCUT2D eigenvalue weighted by atomic mass is 10.2. The molecular weight excluding hydrogens is 338 g/mol. The second-order valence-electron chi connectivity index (χ2n) is 5.32. The van der Waals surface area contributed by atoms with Gasteiger partial charge in [-0.3, -0.25) is 14.2 Å². The number of carbonyl (C=O) groups is 1. The number of nitrogens with two attached hydrogens (primary N) is 1. The molecule has 0 unspecified atom stereocenters. The molecule has 3 aromatic rings. The second-order valence-corrected chi connectivity index (χ2v) is 6.38. The molecule has 0 saturated heterocycles. The second kappa shape index (κ2) is 7.40. The van der Waals surface area contributed by atoms with Gasteiger partial charge in [-0.15, -0.1) is 0 Å². The third-order valence-corrected chi connectivity index (χ3v) is 4.58. The van der Waals surface area contributed by atoms with E-state index >= 15 is 0 Å². The van der Waals surface area contributed by atoms with E-state index in [1.807, 2.05) is 24.3 Å². The fourth-order valence-electron chi connectivity index (χ4n) is 2.43. The highest BCUT2D eigenvalue weighted by molar-refractivity contribution is 7.99.